The monoisotopic (exact) mass is 295 g/mol. The van der Waals surface area contributed by atoms with E-state index in [1.54, 1.807) is 13.2 Å². The van der Waals surface area contributed by atoms with Crippen molar-refractivity contribution in [1.29, 1.82) is 0 Å². The van der Waals surface area contributed by atoms with Gasteiger partial charge in [-0.3, -0.25) is 0 Å². The molecular formula is C15H15Cl2NO. The summed E-state index contributed by atoms with van der Waals surface area (Å²) in [7, 11) is 1.65. The molecule has 0 amide bonds. The van der Waals surface area contributed by atoms with Gasteiger partial charge in [-0.25, -0.2) is 0 Å². The molecule has 2 N–H and O–H groups in total. The van der Waals surface area contributed by atoms with Crippen LogP contribution in [0.5, 0.6) is 5.75 Å². The zero-order valence-electron chi connectivity index (χ0n) is 10.6. The molecule has 100 valence electrons. The summed E-state index contributed by atoms with van der Waals surface area (Å²) < 4.78 is 5.20. The number of nitrogens with two attached hydrogens (primary N) is 1. The van der Waals surface area contributed by atoms with Gasteiger partial charge in [0.05, 0.1) is 17.2 Å². The maximum Gasteiger partial charge on any atom is 0.119 e. The number of hydrogen-bond acceptors (Lipinski definition) is 2. The Morgan fingerprint density at radius 1 is 1.16 bits per heavy atom. The molecular weight excluding hydrogens is 281 g/mol. The third kappa shape index (κ3) is 3.41. The van der Waals surface area contributed by atoms with Crippen molar-refractivity contribution in [2.75, 3.05) is 7.11 Å². The van der Waals surface area contributed by atoms with Gasteiger partial charge in [-0.1, -0.05) is 47.5 Å². The van der Waals surface area contributed by atoms with E-state index in [9.17, 15) is 0 Å². The maximum absolute atomic E-state index is 6.20. The highest BCUT2D eigenvalue weighted by Crippen LogP contribution is 2.30. The van der Waals surface area contributed by atoms with Gasteiger partial charge < -0.3 is 10.5 Å². The number of hydrogen-bond donors (Lipinski definition) is 1. The molecule has 2 aromatic carbocycles. The summed E-state index contributed by atoms with van der Waals surface area (Å²) in [4.78, 5) is 0. The summed E-state index contributed by atoms with van der Waals surface area (Å²) in [5.74, 6) is 0.821. The number of halogens is 2. The van der Waals surface area contributed by atoms with Crippen LogP contribution in [0.4, 0.5) is 0 Å². The first-order valence-corrected chi connectivity index (χ1v) is 6.70. The standard InChI is InChI=1S/C15H15Cl2NO/c1-19-11-5-2-4-10(8-11)9-14(18)12-6-3-7-13(16)15(12)17/h2-8,14H,9,18H2,1H3. The molecule has 0 bridgehead atoms. The number of rotatable bonds is 4. The Labute approximate surface area is 123 Å². The van der Waals surface area contributed by atoms with E-state index in [-0.39, 0.29) is 6.04 Å². The van der Waals surface area contributed by atoms with Crippen LogP contribution in [0.2, 0.25) is 10.0 Å². The van der Waals surface area contributed by atoms with Crippen molar-refractivity contribution < 1.29 is 4.74 Å². The Kier molecular flexibility index (Phi) is 4.70. The second kappa shape index (κ2) is 6.29. The van der Waals surface area contributed by atoms with Crippen molar-refractivity contribution in [2.45, 2.75) is 12.5 Å². The molecule has 0 saturated heterocycles. The minimum atomic E-state index is -0.196. The van der Waals surface area contributed by atoms with Crippen LogP contribution in [0.1, 0.15) is 17.2 Å². The molecule has 2 rings (SSSR count). The van der Waals surface area contributed by atoms with Gasteiger partial charge >= 0.3 is 0 Å². The van der Waals surface area contributed by atoms with Crippen LogP contribution < -0.4 is 10.5 Å². The lowest BCUT2D eigenvalue weighted by Crippen LogP contribution is -2.14. The highest BCUT2D eigenvalue weighted by molar-refractivity contribution is 6.42. The van der Waals surface area contributed by atoms with Crippen LogP contribution >= 0.6 is 23.2 Å². The fourth-order valence-corrected chi connectivity index (χ4v) is 2.42. The average Bonchev–Trinajstić information content (AvgIpc) is 2.42. The molecule has 2 nitrogen and oxygen atoms in total. The summed E-state index contributed by atoms with van der Waals surface area (Å²) in [6.07, 6.45) is 0.678. The van der Waals surface area contributed by atoms with Crippen molar-refractivity contribution >= 4 is 23.2 Å². The summed E-state index contributed by atoms with van der Waals surface area (Å²) >= 11 is 12.2. The fourth-order valence-electron chi connectivity index (χ4n) is 1.97. The zero-order valence-corrected chi connectivity index (χ0v) is 12.1. The molecule has 0 aromatic heterocycles. The van der Waals surface area contributed by atoms with Crippen LogP contribution in [-0.2, 0) is 6.42 Å². The Morgan fingerprint density at radius 3 is 2.63 bits per heavy atom. The molecule has 0 heterocycles. The van der Waals surface area contributed by atoms with Crippen LogP contribution in [0.3, 0.4) is 0 Å². The number of ether oxygens (including phenoxy) is 1. The molecule has 1 unspecified atom stereocenters. The molecule has 0 saturated carbocycles. The lowest BCUT2D eigenvalue weighted by Gasteiger charge is -2.15. The third-order valence-electron chi connectivity index (χ3n) is 2.97. The Hall–Kier alpha value is -1.22. The van der Waals surface area contributed by atoms with E-state index in [4.69, 9.17) is 33.7 Å². The third-order valence-corrected chi connectivity index (χ3v) is 3.80. The molecule has 1 atom stereocenters. The Morgan fingerprint density at radius 2 is 1.89 bits per heavy atom. The molecule has 4 heteroatoms. The van der Waals surface area contributed by atoms with Crippen molar-refractivity contribution in [1.82, 2.24) is 0 Å². The smallest absolute Gasteiger partial charge is 0.119 e. The van der Waals surface area contributed by atoms with Crippen LogP contribution in [-0.4, -0.2) is 7.11 Å². The van der Waals surface area contributed by atoms with E-state index in [1.165, 1.54) is 0 Å². The van der Waals surface area contributed by atoms with Gasteiger partial charge in [-0.2, -0.15) is 0 Å². The van der Waals surface area contributed by atoms with Gasteiger partial charge in [0.15, 0.2) is 0 Å². The van der Waals surface area contributed by atoms with Gasteiger partial charge in [0.25, 0.3) is 0 Å². The first-order valence-electron chi connectivity index (χ1n) is 5.94. The van der Waals surface area contributed by atoms with E-state index in [2.05, 4.69) is 0 Å². The first kappa shape index (κ1) is 14.2. The molecule has 2 aromatic rings. The SMILES string of the molecule is COc1cccc(CC(N)c2cccc(Cl)c2Cl)c1. The second-order valence-corrected chi connectivity index (χ2v) is 5.09. The van der Waals surface area contributed by atoms with Crippen molar-refractivity contribution in [3.8, 4) is 5.75 Å². The van der Waals surface area contributed by atoms with Gasteiger partial charge in [0, 0.05) is 6.04 Å². The molecule has 0 radical (unpaired) electrons. The summed E-state index contributed by atoms with van der Waals surface area (Å²) in [6, 6.07) is 13.2. The largest absolute Gasteiger partial charge is 0.497 e. The van der Waals surface area contributed by atoms with Crippen LogP contribution in [0.25, 0.3) is 0 Å². The molecule has 0 fully saturated rings. The summed E-state index contributed by atoms with van der Waals surface area (Å²) in [5, 5.41) is 1.06. The normalized spacial score (nSPS) is 12.2. The lowest BCUT2D eigenvalue weighted by atomic mass is 9.99. The predicted octanol–water partition coefficient (Wildman–Crippen LogP) is 4.24. The van der Waals surface area contributed by atoms with E-state index in [0.29, 0.717) is 16.5 Å². The van der Waals surface area contributed by atoms with E-state index < -0.39 is 0 Å². The number of methoxy groups -OCH3 is 1. The fraction of sp³-hybridized carbons (Fsp3) is 0.200. The van der Waals surface area contributed by atoms with Crippen molar-refractivity contribution in [3.63, 3.8) is 0 Å². The van der Waals surface area contributed by atoms with Crippen LogP contribution in [0, 0.1) is 0 Å². The lowest BCUT2D eigenvalue weighted by molar-refractivity contribution is 0.414. The quantitative estimate of drug-likeness (QED) is 0.915. The minimum Gasteiger partial charge on any atom is -0.497 e. The van der Waals surface area contributed by atoms with Crippen molar-refractivity contribution in [2.24, 2.45) is 5.73 Å². The van der Waals surface area contributed by atoms with Gasteiger partial charge in [0.1, 0.15) is 5.75 Å². The van der Waals surface area contributed by atoms with Crippen LogP contribution in [0.15, 0.2) is 42.5 Å². The Balaban J connectivity index is 2.20. The zero-order chi connectivity index (χ0) is 13.8. The topological polar surface area (TPSA) is 35.2 Å². The summed E-state index contributed by atoms with van der Waals surface area (Å²) in [6.45, 7) is 0. The highest BCUT2D eigenvalue weighted by Gasteiger charge is 2.13. The van der Waals surface area contributed by atoms with E-state index in [0.717, 1.165) is 16.9 Å². The summed E-state index contributed by atoms with van der Waals surface area (Å²) in [5.41, 5.74) is 8.16. The molecule has 0 aliphatic carbocycles. The van der Waals surface area contributed by atoms with Gasteiger partial charge in [-0.15, -0.1) is 0 Å². The molecule has 0 spiro atoms. The second-order valence-electron chi connectivity index (χ2n) is 4.31. The van der Waals surface area contributed by atoms with Gasteiger partial charge in [-0.05, 0) is 35.7 Å². The van der Waals surface area contributed by atoms with E-state index in [1.807, 2.05) is 36.4 Å². The minimum absolute atomic E-state index is 0.196. The average molecular weight is 296 g/mol. The van der Waals surface area contributed by atoms with Crippen molar-refractivity contribution in [3.05, 3.63) is 63.6 Å². The molecule has 0 aliphatic rings. The molecule has 0 aliphatic heterocycles. The van der Waals surface area contributed by atoms with E-state index >= 15 is 0 Å². The maximum atomic E-state index is 6.20. The predicted molar refractivity (Wildman–Crippen MR) is 80.1 cm³/mol. The highest BCUT2D eigenvalue weighted by atomic mass is 35.5. The first-order chi connectivity index (χ1) is 9.11. The number of benzene rings is 2. The molecule has 19 heavy (non-hydrogen) atoms. The van der Waals surface area contributed by atoms with Gasteiger partial charge in [0.2, 0.25) is 0 Å². The Bertz CT molecular complexity index is 572.